The summed E-state index contributed by atoms with van der Waals surface area (Å²) in [5.74, 6) is -0.266. The van der Waals surface area contributed by atoms with Crippen LogP contribution in [0.2, 0.25) is 0 Å². The van der Waals surface area contributed by atoms with Gasteiger partial charge in [0.2, 0.25) is 5.91 Å². The van der Waals surface area contributed by atoms with Crippen molar-refractivity contribution < 1.29 is 9.53 Å². The zero-order valence-electron chi connectivity index (χ0n) is 12.7. The van der Waals surface area contributed by atoms with Gasteiger partial charge in [0.05, 0.1) is 18.2 Å². The molecule has 0 aliphatic carbocycles. The number of carbonyl (C=O) groups is 1. The average molecular weight is 271 g/mol. The Morgan fingerprint density at radius 3 is 2.79 bits per heavy atom. The molecule has 5 heteroatoms. The van der Waals surface area contributed by atoms with E-state index >= 15 is 0 Å². The second-order valence-corrected chi connectivity index (χ2v) is 5.82. The van der Waals surface area contributed by atoms with E-state index in [2.05, 4.69) is 24.1 Å². The lowest BCUT2D eigenvalue weighted by Crippen LogP contribution is -2.53. The number of nitrogens with zero attached hydrogens (tertiary/aromatic N) is 1. The van der Waals surface area contributed by atoms with E-state index in [1.807, 2.05) is 13.8 Å². The third-order valence-electron chi connectivity index (χ3n) is 3.97. The van der Waals surface area contributed by atoms with Crippen LogP contribution in [0.3, 0.4) is 0 Å². The van der Waals surface area contributed by atoms with Gasteiger partial charge in [-0.3, -0.25) is 9.69 Å². The molecule has 1 aliphatic heterocycles. The fourth-order valence-electron chi connectivity index (χ4n) is 2.61. The zero-order valence-corrected chi connectivity index (χ0v) is 12.7. The van der Waals surface area contributed by atoms with Crippen molar-refractivity contribution in [2.75, 3.05) is 26.2 Å². The molecule has 5 nitrogen and oxygen atoms in total. The van der Waals surface area contributed by atoms with Gasteiger partial charge in [-0.1, -0.05) is 6.92 Å². The lowest BCUT2D eigenvalue weighted by molar-refractivity contribution is -0.124. The van der Waals surface area contributed by atoms with Crippen molar-refractivity contribution in [3.8, 4) is 0 Å². The van der Waals surface area contributed by atoms with Gasteiger partial charge >= 0.3 is 0 Å². The van der Waals surface area contributed by atoms with Crippen LogP contribution in [0.15, 0.2) is 0 Å². The van der Waals surface area contributed by atoms with Crippen molar-refractivity contribution in [1.82, 2.24) is 10.2 Å². The molecule has 19 heavy (non-hydrogen) atoms. The number of primary amides is 1. The predicted octanol–water partition coefficient (Wildman–Crippen LogP) is 0.729. The number of carbonyl (C=O) groups excluding carboxylic acids is 1. The molecule has 1 amide bonds. The molecule has 1 rings (SSSR count). The van der Waals surface area contributed by atoms with Crippen LogP contribution in [-0.4, -0.2) is 54.7 Å². The van der Waals surface area contributed by atoms with Crippen LogP contribution in [-0.2, 0) is 9.53 Å². The Kier molecular flexibility index (Phi) is 6.23. The third-order valence-corrected chi connectivity index (χ3v) is 3.97. The Labute approximate surface area is 116 Å². The molecule has 0 aromatic rings. The van der Waals surface area contributed by atoms with Crippen molar-refractivity contribution in [3.05, 3.63) is 0 Å². The maximum Gasteiger partial charge on any atom is 0.237 e. The summed E-state index contributed by atoms with van der Waals surface area (Å²) in [5.41, 5.74) is 4.90. The first-order valence-corrected chi connectivity index (χ1v) is 7.29. The Hall–Kier alpha value is -0.650. The minimum Gasteiger partial charge on any atom is -0.376 e. The molecule has 1 heterocycles. The standard InChI is InChI=1S/C14H29N3O2/c1-5-16-14(4,13(15)18)7-6-8-17-9-12(3)19-10-11(17)2/h11-12,16H,5-10H2,1-4H3,(H2,15,18). The van der Waals surface area contributed by atoms with E-state index in [4.69, 9.17) is 10.5 Å². The van der Waals surface area contributed by atoms with Gasteiger partial charge < -0.3 is 15.8 Å². The van der Waals surface area contributed by atoms with Crippen LogP contribution in [0.25, 0.3) is 0 Å². The van der Waals surface area contributed by atoms with E-state index in [0.717, 1.165) is 39.1 Å². The van der Waals surface area contributed by atoms with E-state index in [1.54, 1.807) is 0 Å². The van der Waals surface area contributed by atoms with Gasteiger partial charge in [0.15, 0.2) is 0 Å². The number of amides is 1. The summed E-state index contributed by atoms with van der Waals surface area (Å²) in [6, 6.07) is 0.454. The minimum atomic E-state index is -0.587. The van der Waals surface area contributed by atoms with Gasteiger partial charge in [-0.05, 0) is 46.7 Å². The van der Waals surface area contributed by atoms with Gasteiger partial charge in [-0.2, -0.15) is 0 Å². The van der Waals surface area contributed by atoms with Gasteiger partial charge in [-0.25, -0.2) is 0 Å². The van der Waals surface area contributed by atoms with Gasteiger partial charge in [0.25, 0.3) is 0 Å². The molecular weight excluding hydrogens is 242 g/mol. The SMILES string of the molecule is CCNC(C)(CCCN1CC(C)OCC1C)C(N)=O. The van der Waals surface area contributed by atoms with Crippen molar-refractivity contribution in [1.29, 1.82) is 0 Å². The number of hydrogen-bond acceptors (Lipinski definition) is 4. The highest BCUT2D eigenvalue weighted by Crippen LogP contribution is 2.16. The number of morpholine rings is 1. The highest BCUT2D eigenvalue weighted by molar-refractivity contribution is 5.84. The summed E-state index contributed by atoms with van der Waals surface area (Å²) in [5, 5.41) is 3.20. The lowest BCUT2D eigenvalue weighted by Gasteiger charge is -2.37. The smallest absolute Gasteiger partial charge is 0.237 e. The third kappa shape index (κ3) is 4.75. The number of hydrogen-bond donors (Lipinski definition) is 2. The van der Waals surface area contributed by atoms with E-state index in [1.165, 1.54) is 0 Å². The summed E-state index contributed by atoms with van der Waals surface area (Å²) in [7, 11) is 0. The molecule has 3 unspecified atom stereocenters. The van der Waals surface area contributed by atoms with Crippen LogP contribution >= 0.6 is 0 Å². The highest BCUT2D eigenvalue weighted by Gasteiger charge is 2.30. The van der Waals surface area contributed by atoms with Gasteiger partial charge in [0, 0.05) is 12.6 Å². The van der Waals surface area contributed by atoms with Crippen LogP contribution < -0.4 is 11.1 Å². The second kappa shape index (κ2) is 7.22. The molecule has 1 fully saturated rings. The number of ether oxygens (including phenoxy) is 1. The summed E-state index contributed by atoms with van der Waals surface area (Å²) < 4.78 is 5.62. The molecule has 3 atom stereocenters. The van der Waals surface area contributed by atoms with Crippen molar-refractivity contribution in [3.63, 3.8) is 0 Å². The largest absolute Gasteiger partial charge is 0.376 e. The minimum absolute atomic E-state index is 0.266. The molecule has 0 aromatic carbocycles. The Morgan fingerprint density at radius 1 is 1.53 bits per heavy atom. The van der Waals surface area contributed by atoms with Crippen LogP contribution in [0.5, 0.6) is 0 Å². The monoisotopic (exact) mass is 271 g/mol. The molecule has 3 N–H and O–H groups in total. The predicted molar refractivity (Wildman–Crippen MR) is 77.0 cm³/mol. The first-order valence-electron chi connectivity index (χ1n) is 7.29. The van der Waals surface area contributed by atoms with Crippen molar-refractivity contribution in [2.45, 2.75) is 58.2 Å². The second-order valence-electron chi connectivity index (χ2n) is 5.82. The molecule has 1 aliphatic rings. The zero-order chi connectivity index (χ0) is 14.5. The van der Waals surface area contributed by atoms with Crippen LogP contribution in [0, 0.1) is 0 Å². The first-order chi connectivity index (χ1) is 8.89. The maximum absolute atomic E-state index is 11.5. The maximum atomic E-state index is 11.5. The molecule has 0 radical (unpaired) electrons. The fourth-order valence-corrected chi connectivity index (χ4v) is 2.61. The highest BCUT2D eigenvalue weighted by atomic mass is 16.5. The normalized spacial score (nSPS) is 28.0. The van der Waals surface area contributed by atoms with Gasteiger partial charge in [0.1, 0.15) is 0 Å². The topological polar surface area (TPSA) is 67.6 Å². The Bertz CT molecular complexity index is 298. The summed E-state index contributed by atoms with van der Waals surface area (Å²) in [4.78, 5) is 14.0. The summed E-state index contributed by atoms with van der Waals surface area (Å²) in [6.45, 7) is 11.7. The van der Waals surface area contributed by atoms with E-state index in [-0.39, 0.29) is 5.91 Å². The number of likely N-dealkylation sites (N-methyl/N-ethyl adjacent to an activating group) is 1. The van der Waals surface area contributed by atoms with E-state index in [9.17, 15) is 4.79 Å². The molecule has 1 saturated heterocycles. The van der Waals surface area contributed by atoms with Gasteiger partial charge in [-0.15, -0.1) is 0 Å². The molecule has 0 aromatic heterocycles. The van der Waals surface area contributed by atoms with Crippen LogP contribution in [0.4, 0.5) is 0 Å². The fraction of sp³-hybridized carbons (Fsp3) is 0.929. The molecule has 112 valence electrons. The van der Waals surface area contributed by atoms with Crippen LogP contribution in [0.1, 0.15) is 40.5 Å². The lowest BCUT2D eigenvalue weighted by atomic mass is 9.94. The van der Waals surface area contributed by atoms with E-state index in [0.29, 0.717) is 12.1 Å². The first kappa shape index (κ1) is 16.4. The quantitative estimate of drug-likeness (QED) is 0.716. The molecule has 0 saturated carbocycles. The number of rotatable bonds is 7. The molecule has 0 spiro atoms. The average Bonchev–Trinajstić information content (AvgIpc) is 2.33. The molecular formula is C14H29N3O2. The van der Waals surface area contributed by atoms with E-state index < -0.39 is 5.54 Å². The van der Waals surface area contributed by atoms with Crippen molar-refractivity contribution in [2.24, 2.45) is 5.73 Å². The Morgan fingerprint density at radius 2 is 2.21 bits per heavy atom. The molecule has 0 bridgehead atoms. The number of nitrogens with two attached hydrogens (primary N) is 1. The summed E-state index contributed by atoms with van der Waals surface area (Å²) in [6.07, 6.45) is 2.03. The Balaban J connectivity index is 2.41. The summed E-state index contributed by atoms with van der Waals surface area (Å²) >= 11 is 0. The van der Waals surface area contributed by atoms with Crippen molar-refractivity contribution >= 4 is 5.91 Å². The number of nitrogens with one attached hydrogen (secondary N) is 1.